The minimum atomic E-state index is -2.41. The molecule has 0 radical (unpaired) electrons. The zero-order chi connectivity index (χ0) is 13.8. The standard InChI is InChI=1S/C15H22F2N2/c1-2-7-19-8-6-13(10-18)14(19)11-4-3-5-12(9-11)15(16)17/h3-5,9,13-15H,2,6-8,10,18H2,1H3. The molecule has 2 unspecified atom stereocenters. The highest BCUT2D eigenvalue weighted by Crippen LogP contribution is 2.37. The number of benzene rings is 1. The van der Waals surface area contributed by atoms with Gasteiger partial charge in [0.1, 0.15) is 0 Å². The van der Waals surface area contributed by atoms with E-state index in [0.29, 0.717) is 12.5 Å². The summed E-state index contributed by atoms with van der Waals surface area (Å²) in [5.74, 6) is 0.375. The molecule has 1 aromatic carbocycles. The summed E-state index contributed by atoms with van der Waals surface area (Å²) in [6.45, 7) is 4.77. The Morgan fingerprint density at radius 1 is 1.42 bits per heavy atom. The molecule has 0 spiro atoms. The van der Waals surface area contributed by atoms with Crippen LogP contribution < -0.4 is 5.73 Å². The Hall–Kier alpha value is -1.00. The third-order valence-corrected chi connectivity index (χ3v) is 3.94. The molecule has 0 saturated carbocycles. The van der Waals surface area contributed by atoms with Gasteiger partial charge in [-0.2, -0.15) is 0 Å². The molecule has 0 amide bonds. The molecule has 1 aliphatic rings. The maximum atomic E-state index is 12.8. The predicted molar refractivity (Wildman–Crippen MR) is 73.2 cm³/mol. The summed E-state index contributed by atoms with van der Waals surface area (Å²) in [6.07, 6.45) is -0.278. The van der Waals surface area contributed by atoms with Crippen LogP contribution in [0.25, 0.3) is 0 Å². The molecule has 0 bridgehead atoms. The second kappa shape index (κ2) is 6.44. The van der Waals surface area contributed by atoms with Crippen LogP contribution in [0, 0.1) is 5.92 Å². The molecule has 1 fully saturated rings. The van der Waals surface area contributed by atoms with Crippen molar-refractivity contribution >= 4 is 0 Å². The average Bonchev–Trinajstić information content (AvgIpc) is 2.82. The van der Waals surface area contributed by atoms with Crippen molar-refractivity contribution < 1.29 is 8.78 Å². The molecule has 2 nitrogen and oxygen atoms in total. The fraction of sp³-hybridized carbons (Fsp3) is 0.600. The van der Waals surface area contributed by atoms with Gasteiger partial charge in [-0.15, -0.1) is 0 Å². The van der Waals surface area contributed by atoms with Gasteiger partial charge in [0.25, 0.3) is 6.43 Å². The smallest absolute Gasteiger partial charge is 0.263 e. The number of alkyl halides is 2. The molecule has 2 N–H and O–H groups in total. The average molecular weight is 268 g/mol. The van der Waals surface area contributed by atoms with Crippen LogP contribution in [0.4, 0.5) is 8.78 Å². The largest absolute Gasteiger partial charge is 0.330 e. The number of halogens is 2. The minimum Gasteiger partial charge on any atom is -0.330 e. The van der Waals surface area contributed by atoms with Gasteiger partial charge in [-0.25, -0.2) is 8.78 Å². The van der Waals surface area contributed by atoms with Crippen LogP contribution in [0.2, 0.25) is 0 Å². The molecule has 2 rings (SSSR count). The van der Waals surface area contributed by atoms with Gasteiger partial charge in [0.2, 0.25) is 0 Å². The fourth-order valence-corrected chi connectivity index (χ4v) is 3.07. The monoisotopic (exact) mass is 268 g/mol. The molecule has 4 heteroatoms. The van der Waals surface area contributed by atoms with Crippen molar-refractivity contribution in [1.82, 2.24) is 4.90 Å². The second-order valence-corrected chi connectivity index (χ2v) is 5.24. The number of hydrogen-bond acceptors (Lipinski definition) is 2. The second-order valence-electron chi connectivity index (χ2n) is 5.24. The van der Waals surface area contributed by atoms with Crippen molar-refractivity contribution in [3.8, 4) is 0 Å². The molecule has 0 aliphatic carbocycles. The minimum absolute atomic E-state index is 0.108. The van der Waals surface area contributed by atoms with Gasteiger partial charge in [-0.05, 0) is 50.0 Å². The Bertz CT molecular complexity index is 409. The third-order valence-electron chi connectivity index (χ3n) is 3.94. The van der Waals surface area contributed by atoms with Gasteiger partial charge >= 0.3 is 0 Å². The van der Waals surface area contributed by atoms with Crippen LogP contribution in [0.5, 0.6) is 0 Å². The van der Waals surface area contributed by atoms with Gasteiger partial charge in [0.15, 0.2) is 0 Å². The molecule has 1 aromatic rings. The number of hydrogen-bond donors (Lipinski definition) is 1. The van der Waals surface area contributed by atoms with Crippen LogP contribution in [-0.2, 0) is 0 Å². The quantitative estimate of drug-likeness (QED) is 0.887. The number of nitrogens with zero attached hydrogens (tertiary/aromatic N) is 1. The van der Waals surface area contributed by atoms with Crippen molar-refractivity contribution in [2.75, 3.05) is 19.6 Å². The lowest BCUT2D eigenvalue weighted by atomic mass is 9.92. The first-order valence-electron chi connectivity index (χ1n) is 6.99. The van der Waals surface area contributed by atoms with Gasteiger partial charge in [-0.1, -0.05) is 25.1 Å². The van der Waals surface area contributed by atoms with E-state index in [9.17, 15) is 8.78 Å². The maximum absolute atomic E-state index is 12.8. The van der Waals surface area contributed by atoms with Crippen molar-refractivity contribution in [3.05, 3.63) is 35.4 Å². The van der Waals surface area contributed by atoms with E-state index in [1.807, 2.05) is 6.07 Å². The normalized spacial score (nSPS) is 24.3. The van der Waals surface area contributed by atoms with Gasteiger partial charge in [0, 0.05) is 11.6 Å². The van der Waals surface area contributed by atoms with E-state index in [2.05, 4.69) is 11.8 Å². The molecule has 19 heavy (non-hydrogen) atoms. The highest BCUT2D eigenvalue weighted by molar-refractivity contribution is 5.28. The van der Waals surface area contributed by atoms with Crippen LogP contribution in [-0.4, -0.2) is 24.5 Å². The van der Waals surface area contributed by atoms with Gasteiger partial charge in [-0.3, -0.25) is 4.90 Å². The van der Waals surface area contributed by atoms with Crippen molar-refractivity contribution in [3.63, 3.8) is 0 Å². The molecule has 1 saturated heterocycles. The Balaban J connectivity index is 2.27. The number of likely N-dealkylation sites (tertiary alicyclic amines) is 1. The first-order chi connectivity index (χ1) is 9.17. The lowest BCUT2D eigenvalue weighted by Crippen LogP contribution is -2.29. The van der Waals surface area contributed by atoms with Crippen LogP contribution in [0.15, 0.2) is 24.3 Å². The summed E-state index contributed by atoms with van der Waals surface area (Å²) in [4.78, 5) is 2.38. The Morgan fingerprint density at radius 2 is 2.21 bits per heavy atom. The Morgan fingerprint density at radius 3 is 2.84 bits per heavy atom. The molecular weight excluding hydrogens is 246 g/mol. The molecular formula is C15H22F2N2. The van der Waals surface area contributed by atoms with Gasteiger partial charge in [0.05, 0.1) is 0 Å². The zero-order valence-electron chi connectivity index (χ0n) is 11.4. The summed E-state index contributed by atoms with van der Waals surface area (Å²) >= 11 is 0. The van der Waals surface area contributed by atoms with E-state index >= 15 is 0 Å². The lowest BCUT2D eigenvalue weighted by Gasteiger charge is -2.28. The molecule has 1 heterocycles. The van der Waals surface area contributed by atoms with E-state index in [0.717, 1.165) is 31.5 Å². The van der Waals surface area contributed by atoms with Crippen LogP contribution >= 0.6 is 0 Å². The fourth-order valence-electron chi connectivity index (χ4n) is 3.07. The van der Waals surface area contributed by atoms with Gasteiger partial charge < -0.3 is 5.73 Å². The SMILES string of the molecule is CCCN1CCC(CN)C1c1cccc(C(F)F)c1. The van der Waals surface area contributed by atoms with Crippen molar-refractivity contribution in [2.45, 2.75) is 32.2 Å². The van der Waals surface area contributed by atoms with Crippen LogP contribution in [0.1, 0.15) is 43.4 Å². The number of nitrogens with two attached hydrogens (primary N) is 1. The highest BCUT2D eigenvalue weighted by Gasteiger charge is 2.33. The van der Waals surface area contributed by atoms with E-state index in [1.54, 1.807) is 12.1 Å². The lowest BCUT2D eigenvalue weighted by molar-refractivity contribution is 0.151. The van der Waals surface area contributed by atoms with Crippen molar-refractivity contribution in [2.24, 2.45) is 11.7 Å². The third kappa shape index (κ3) is 3.12. The number of rotatable bonds is 5. The summed E-state index contributed by atoms with van der Waals surface area (Å²) in [5, 5.41) is 0. The summed E-state index contributed by atoms with van der Waals surface area (Å²) in [5.41, 5.74) is 6.94. The Kier molecular flexibility index (Phi) is 4.88. The topological polar surface area (TPSA) is 29.3 Å². The molecule has 1 aliphatic heterocycles. The summed E-state index contributed by atoms with van der Waals surface area (Å²) in [6, 6.07) is 7.01. The molecule has 0 aromatic heterocycles. The van der Waals surface area contributed by atoms with E-state index in [4.69, 9.17) is 5.73 Å². The first kappa shape index (κ1) is 14.4. The first-order valence-corrected chi connectivity index (χ1v) is 6.99. The van der Waals surface area contributed by atoms with Crippen molar-refractivity contribution in [1.29, 1.82) is 0 Å². The molecule has 2 atom stereocenters. The van der Waals surface area contributed by atoms with E-state index in [1.165, 1.54) is 6.07 Å². The van der Waals surface area contributed by atoms with E-state index < -0.39 is 6.43 Å². The zero-order valence-corrected chi connectivity index (χ0v) is 11.4. The Labute approximate surface area is 113 Å². The summed E-state index contributed by atoms with van der Waals surface area (Å²) in [7, 11) is 0. The van der Waals surface area contributed by atoms with E-state index in [-0.39, 0.29) is 11.6 Å². The summed E-state index contributed by atoms with van der Waals surface area (Å²) < 4.78 is 25.6. The van der Waals surface area contributed by atoms with Crippen LogP contribution in [0.3, 0.4) is 0 Å². The highest BCUT2D eigenvalue weighted by atomic mass is 19.3. The predicted octanol–water partition coefficient (Wildman–Crippen LogP) is 3.36. The maximum Gasteiger partial charge on any atom is 0.263 e. The molecule has 106 valence electrons.